The molecular formula is C16H17N5O3. The van der Waals surface area contributed by atoms with Crippen molar-refractivity contribution in [3.63, 3.8) is 0 Å². The van der Waals surface area contributed by atoms with Crippen molar-refractivity contribution in [2.24, 2.45) is 0 Å². The molecule has 124 valence electrons. The van der Waals surface area contributed by atoms with E-state index in [0.717, 1.165) is 18.7 Å². The number of nitro groups is 1. The third-order valence-electron chi connectivity index (χ3n) is 4.57. The third-order valence-corrected chi connectivity index (χ3v) is 4.57. The van der Waals surface area contributed by atoms with Crippen LogP contribution in [0.3, 0.4) is 0 Å². The number of hydrogen-bond donors (Lipinski definition) is 1. The van der Waals surface area contributed by atoms with Crippen molar-refractivity contribution in [1.29, 1.82) is 0 Å². The molecule has 2 aromatic rings. The Morgan fingerprint density at radius 2 is 1.83 bits per heavy atom. The number of nitrogens with two attached hydrogens (primary N) is 1. The molecule has 2 unspecified atom stereocenters. The number of hydrogen-bond acceptors (Lipinski definition) is 7. The average molecular weight is 327 g/mol. The summed E-state index contributed by atoms with van der Waals surface area (Å²) in [4.78, 5) is 21.6. The molecule has 2 atom stereocenters. The molecule has 2 aliphatic rings. The highest BCUT2D eigenvalue weighted by Crippen LogP contribution is 2.34. The molecule has 4 rings (SSSR count). The Balaban J connectivity index is 1.70. The van der Waals surface area contributed by atoms with E-state index in [4.69, 9.17) is 10.5 Å². The zero-order valence-electron chi connectivity index (χ0n) is 13.0. The molecule has 0 spiro atoms. The van der Waals surface area contributed by atoms with Crippen molar-refractivity contribution in [1.82, 2.24) is 9.97 Å². The molecule has 24 heavy (non-hydrogen) atoms. The SMILES string of the molecule is Nc1cc(N2C3CCC2COC3)nc(-c2ccc([N+](=O)[O-])cc2)n1. The van der Waals surface area contributed by atoms with Gasteiger partial charge in [-0.3, -0.25) is 10.1 Å². The lowest BCUT2D eigenvalue weighted by Crippen LogP contribution is -2.46. The van der Waals surface area contributed by atoms with Gasteiger partial charge < -0.3 is 15.4 Å². The summed E-state index contributed by atoms with van der Waals surface area (Å²) in [5.74, 6) is 1.66. The molecular weight excluding hydrogens is 310 g/mol. The topological polar surface area (TPSA) is 107 Å². The van der Waals surface area contributed by atoms with Gasteiger partial charge in [0.2, 0.25) is 0 Å². The number of benzene rings is 1. The normalized spacial score (nSPS) is 22.6. The first-order chi connectivity index (χ1) is 11.6. The number of rotatable bonds is 3. The highest BCUT2D eigenvalue weighted by atomic mass is 16.6. The highest BCUT2D eigenvalue weighted by Gasteiger charge is 2.38. The van der Waals surface area contributed by atoms with Gasteiger partial charge in [-0.2, -0.15) is 0 Å². The summed E-state index contributed by atoms with van der Waals surface area (Å²) in [6, 6.07) is 8.60. The van der Waals surface area contributed by atoms with Crippen molar-refractivity contribution in [2.45, 2.75) is 24.9 Å². The molecule has 0 amide bonds. The number of non-ortho nitro benzene ring substituents is 1. The van der Waals surface area contributed by atoms with E-state index in [-0.39, 0.29) is 5.69 Å². The quantitative estimate of drug-likeness (QED) is 0.678. The van der Waals surface area contributed by atoms with Crippen molar-refractivity contribution >= 4 is 17.3 Å². The predicted molar refractivity (Wildman–Crippen MR) is 88.6 cm³/mol. The first-order valence-corrected chi connectivity index (χ1v) is 7.87. The zero-order valence-corrected chi connectivity index (χ0v) is 13.0. The number of morpholine rings is 1. The summed E-state index contributed by atoms with van der Waals surface area (Å²) in [5, 5.41) is 10.8. The van der Waals surface area contributed by atoms with Gasteiger partial charge in [-0.1, -0.05) is 0 Å². The number of ether oxygens (including phenoxy) is 1. The van der Waals surface area contributed by atoms with Gasteiger partial charge in [0, 0.05) is 23.8 Å². The average Bonchev–Trinajstić information content (AvgIpc) is 2.83. The van der Waals surface area contributed by atoms with Gasteiger partial charge in [-0.25, -0.2) is 9.97 Å². The first-order valence-electron chi connectivity index (χ1n) is 7.87. The van der Waals surface area contributed by atoms with E-state index >= 15 is 0 Å². The molecule has 3 heterocycles. The largest absolute Gasteiger partial charge is 0.384 e. The number of anilines is 2. The maximum absolute atomic E-state index is 10.8. The van der Waals surface area contributed by atoms with Crippen LogP contribution in [-0.4, -0.2) is 40.2 Å². The molecule has 0 saturated carbocycles. The van der Waals surface area contributed by atoms with Gasteiger partial charge >= 0.3 is 0 Å². The number of aromatic nitrogens is 2. The Morgan fingerprint density at radius 3 is 2.46 bits per heavy atom. The van der Waals surface area contributed by atoms with Crippen LogP contribution in [0, 0.1) is 10.1 Å². The van der Waals surface area contributed by atoms with Crippen molar-refractivity contribution in [3.8, 4) is 11.4 Å². The van der Waals surface area contributed by atoms with Gasteiger partial charge in [-0.15, -0.1) is 0 Å². The van der Waals surface area contributed by atoms with Gasteiger partial charge in [0.15, 0.2) is 5.82 Å². The summed E-state index contributed by atoms with van der Waals surface area (Å²) in [6.07, 6.45) is 2.17. The summed E-state index contributed by atoms with van der Waals surface area (Å²) in [5.41, 5.74) is 6.72. The summed E-state index contributed by atoms with van der Waals surface area (Å²) >= 11 is 0. The monoisotopic (exact) mass is 327 g/mol. The molecule has 0 aliphatic carbocycles. The summed E-state index contributed by atoms with van der Waals surface area (Å²) in [6.45, 7) is 1.40. The molecule has 8 nitrogen and oxygen atoms in total. The molecule has 2 bridgehead atoms. The molecule has 2 saturated heterocycles. The van der Waals surface area contributed by atoms with Crippen molar-refractivity contribution < 1.29 is 9.66 Å². The highest BCUT2D eigenvalue weighted by molar-refractivity contribution is 5.63. The van der Waals surface area contributed by atoms with E-state index in [9.17, 15) is 10.1 Å². The zero-order chi connectivity index (χ0) is 16.7. The lowest BCUT2D eigenvalue weighted by Gasteiger charge is -2.35. The molecule has 2 N–H and O–H groups in total. The van der Waals surface area contributed by atoms with E-state index in [2.05, 4.69) is 14.9 Å². The summed E-state index contributed by atoms with van der Waals surface area (Å²) in [7, 11) is 0. The van der Waals surface area contributed by atoms with E-state index < -0.39 is 4.92 Å². The van der Waals surface area contributed by atoms with Crippen LogP contribution in [-0.2, 0) is 4.74 Å². The van der Waals surface area contributed by atoms with Crippen LogP contribution in [0.15, 0.2) is 30.3 Å². The fraction of sp³-hybridized carbons (Fsp3) is 0.375. The molecule has 0 radical (unpaired) electrons. The second kappa shape index (κ2) is 5.72. The fourth-order valence-electron chi connectivity index (χ4n) is 3.45. The minimum atomic E-state index is -0.430. The Bertz CT molecular complexity index is 764. The Labute approximate surface area is 138 Å². The Hall–Kier alpha value is -2.74. The minimum absolute atomic E-state index is 0.0362. The molecule has 2 aliphatic heterocycles. The Kier molecular flexibility index (Phi) is 3.53. The van der Waals surface area contributed by atoms with Crippen molar-refractivity contribution in [3.05, 3.63) is 40.4 Å². The Morgan fingerprint density at radius 1 is 1.17 bits per heavy atom. The lowest BCUT2D eigenvalue weighted by atomic mass is 10.2. The number of fused-ring (bicyclic) bond motifs is 2. The molecule has 2 fully saturated rings. The van der Waals surface area contributed by atoms with Gasteiger partial charge in [-0.05, 0) is 25.0 Å². The smallest absolute Gasteiger partial charge is 0.269 e. The van der Waals surface area contributed by atoms with Crippen LogP contribution in [0.25, 0.3) is 11.4 Å². The van der Waals surface area contributed by atoms with Crippen LogP contribution in [0.1, 0.15) is 12.8 Å². The second-order valence-corrected chi connectivity index (χ2v) is 6.11. The maximum atomic E-state index is 10.8. The van der Waals surface area contributed by atoms with Crippen LogP contribution in [0.5, 0.6) is 0 Å². The van der Waals surface area contributed by atoms with E-state index in [0.29, 0.717) is 42.5 Å². The van der Waals surface area contributed by atoms with Crippen molar-refractivity contribution in [2.75, 3.05) is 23.8 Å². The van der Waals surface area contributed by atoms with Crippen LogP contribution in [0.2, 0.25) is 0 Å². The van der Waals surface area contributed by atoms with Gasteiger partial charge in [0.1, 0.15) is 11.6 Å². The maximum Gasteiger partial charge on any atom is 0.269 e. The molecule has 1 aromatic heterocycles. The summed E-state index contributed by atoms with van der Waals surface area (Å²) < 4.78 is 5.61. The van der Waals surface area contributed by atoms with Gasteiger partial charge in [0.05, 0.1) is 30.2 Å². The fourth-order valence-corrected chi connectivity index (χ4v) is 3.45. The standard InChI is InChI=1S/C16H17N5O3/c17-14-7-15(20-12-5-6-13(20)9-24-8-12)19-16(18-14)10-1-3-11(4-2-10)21(22)23/h1-4,7,12-13H,5-6,8-9H2,(H2,17,18,19). The molecule has 8 heteroatoms. The van der Waals surface area contributed by atoms with E-state index in [1.165, 1.54) is 12.1 Å². The number of nitrogen functional groups attached to an aromatic ring is 1. The van der Waals surface area contributed by atoms with Crippen LogP contribution in [0.4, 0.5) is 17.3 Å². The second-order valence-electron chi connectivity index (χ2n) is 6.11. The lowest BCUT2D eigenvalue weighted by molar-refractivity contribution is -0.384. The van der Waals surface area contributed by atoms with Crippen LogP contribution >= 0.6 is 0 Å². The van der Waals surface area contributed by atoms with Gasteiger partial charge in [0.25, 0.3) is 5.69 Å². The van der Waals surface area contributed by atoms with E-state index in [1.807, 2.05) is 0 Å². The van der Waals surface area contributed by atoms with E-state index in [1.54, 1.807) is 18.2 Å². The first kappa shape index (κ1) is 14.8. The van der Waals surface area contributed by atoms with Crippen LogP contribution < -0.4 is 10.6 Å². The predicted octanol–water partition coefficient (Wildman–Crippen LogP) is 2.00. The minimum Gasteiger partial charge on any atom is -0.384 e. The molecule has 1 aromatic carbocycles. The third kappa shape index (κ3) is 2.54. The number of nitro benzene ring substituents is 1. The number of nitrogens with zero attached hydrogens (tertiary/aromatic N) is 4.